The fourth-order valence-electron chi connectivity index (χ4n) is 2.74. The van der Waals surface area contributed by atoms with Crippen LogP contribution in [-0.4, -0.2) is 12.6 Å². The number of hydrogen-bond acceptors (Lipinski definition) is 3. The number of hydrogen-bond donors (Lipinski definition) is 2. The number of carbonyl (C=O) groups excluding carboxylic acids is 1. The van der Waals surface area contributed by atoms with E-state index in [-0.39, 0.29) is 12.1 Å². The monoisotopic (exact) mass is 272 g/mol. The molecule has 1 aromatic carbocycles. The van der Waals surface area contributed by atoms with E-state index in [2.05, 4.69) is 23.4 Å². The van der Waals surface area contributed by atoms with Gasteiger partial charge in [-0.3, -0.25) is 5.32 Å². The van der Waals surface area contributed by atoms with E-state index in [1.165, 1.54) is 11.1 Å². The maximum atomic E-state index is 10.9. The first-order chi connectivity index (χ1) is 9.65. The Hall–Kier alpha value is -1.99. The molecule has 106 valence electrons. The van der Waals surface area contributed by atoms with E-state index in [1.807, 2.05) is 13.0 Å². The van der Waals surface area contributed by atoms with Gasteiger partial charge < -0.3 is 10.5 Å². The maximum Gasteiger partial charge on any atom is 0.405 e. The molecule has 4 nitrogen and oxygen atoms in total. The first-order valence-corrected chi connectivity index (χ1v) is 6.91. The van der Waals surface area contributed by atoms with Crippen molar-refractivity contribution in [3.8, 4) is 12.3 Å². The lowest BCUT2D eigenvalue weighted by Crippen LogP contribution is -2.20. The molecule has 1 aliphatic rings. The summed E-state index contributed by atoms with van der Waals surface area (Å²) in [5, 5.41) is 3.34. The van der Waals surface area contributed by atoms with Gasteiger partial charge in [0.15, 0.2) is 0 Å². The molecular weight excluding hydrogens is 252 g/mol. The molecule has 2 rings (SSSR count). The summed E-state index contributed by atoms with van der Waals surface area (Å²) >= 11 is 0. The number of carbonyl (C=O) groups is 1. The first kappa shape index (κ1) is 14.4. The van der Waals surface area contributed by atoms with Gasteiger partial charge in [-0.05, 0) is 36.0 Å². The molecule has 1 unspecified atom stereocenters. The summed E-state index contributed by atoms with van der Waals surface area (Å²) in [5.74, 6) is 2.60. The Morgan fingerprint density at radius 1 is 1.65 bits per heavy atom. The molecule has 0 spiro atoms. The highest BCUT2D eigenvalue weighted by Gasteiger charge is 2.23. The van der Waals surface area contributed by atoms with E-state index in [0.29, 0.717) is 13.0 Å². The van der Waals surface area contributed by atoms with Crippen molar-refractivity contribution in [1.82, 2.24) is 5.32 Å². The number of terminal acetylenes is 1. The fourth-order valence-corrected chi connectivity index (χ4v) is 2.74. The highest BCUT2D eigenvalue weighted by atomic mass is 16.6. The normalized spacial score (nSPS) is 18.1. The van der Waals surface area contributed by atoms with Gasteiger partial charge in [-0.15, -0.1) is 6.42 Å². The van der Waals surface area contributed by atoms with Crippen molar-refractivity contribution in [2.45, 2.75) is 38.3 Å². The molecule has 0 heterocycles. The zero-order valence-electron chi connectivity index (χ0n) is 11.7. The lowest BCUT2D eigenvalue weighted by Gasteiger charge is -2.18. The summed E-state index contributed by atoms with van der Waals surface area (Å²) < 4.78 is 5.15. The Labute approximate surface area is 119 Å². The summed E-state index contributed by atoms with van der Waals surface area (Å²) in [7, 11) is 0. The minimum Gasteiger partial charge on any atom is -0.442 e. The summed E-state index contributed by atoms with van der Waals surface area (Å²) in [4.78, 5) is 10.9. The number of ether oxygens (including phenoxy) is 1. The second-order valence-corrected chi connectivity index (χ2v) is 4.97. The number of fused-ring (bicyclic) bond motifs is 1. The van der Waals surface area contributed by atoms with Crippen LogP contribution in [0.3, 0.4) is 0 Å². The molecule has 2 atom stereocenters. The highest BCUT2D eigenvalue weighted by Crippen LogP contribution is 2.34. The van der Waals surface area contributed by atoms with Crippen molar-refractivity contribution >= 4 is 6.09 Å². The molecule has 1 amide bonds. The van der Waals surface area contributed by atoms with E-state index in [9.17, 15) is 4.79 Å². The summed E-state index contributed by atoms with van der Waals surface area (Å²) in [6, 6.07) is 6.51. The van der Waals surface area contributed by atoms with Gasteiger partial charge in [0.2, 0.25) is 0 Å². The van der Waals surface area contributed by atoms with Crippen molar-refractivity contribution in [3.05, 3.63) is 34.9 Å². The number of benzene rings is 1. The molecule has 1 aromatic rings. The Bertz CT molecular complexity index is 534. The van der Waals surface area contributed by atoms with E-state index < -0.39 is 6.09 Å². The first-order valence-electron chi connectivity index (χ1n) is 6.91. The molecule has 4 heteroatoms. The zero-order valence-corrected chi connectivity index (χ0v) is 11.7. The zero-order chi connectivity index (χ0) is 14.5. The van der Waals surface area contributed by atoms with Crippen molar-refractivity contribution in [2.24, 2.45) is 5.73 Å². The average Bonchev–Trinajstić information content (AvgIpc) is 2.84. The molecule has 0 radical (unpaired) electrons. The third-order valence-corrected chi connectivity index (χ3v) is 3.70. The summed E-state index contributed by atoms with van der Waals surface area (Å²) in [6.07, 6.45) is 7.07. The standard InChI is InChI=1S/C16H20N2O2/c1-3-9-18-14-8-7-11-5-6-12(10-13(11)14)15(4-2)20-16(17)19/h1,5-6,10,14-15,18H,4,7-9H2,2H3,(H2,17,19)/t14?,15-/m1/s1. The molecule has 1 aliphatic carbocycles. The summed E-state index contributed by atoms with van der Waals surface area (Å²) in [5.41, 5.74) is 8.69. The van der Waals surface area contributed by atoms with Gasteiger partial charge in [-0.1, -0.05) is 31.0 Å². The number of aryl methyl sites for hydroxylation is 1. The topological polar surface area (TPSA) is 64.3 Å². The molecule has 0 saturated carbocycles. The quantitative estimate of drug-likeness (QED) is 0.809. The van der Waals surface area contributed by atoms with E-state index in [1.54, 1.807) is 0 Å². The molecule has 20 heavy (non-hydrogen) atoms. The molecule has 0 aromatic heterocycles. The van der Waals surface area contributed by atoms with Crippen LogP contribution in [0.15, 0.2) is 18.2 Å². The van der Waals surface area contributed by atoms with Crippen LogP contribution in [0.4, 0.5) is 4.79 Å². The van der Waals surface area contributed by atoms with Crippen LogP contribution in [0.5, 0.6) is 0 Å². The number of rotatable bonds is 5. The van der Waals surface area contributed by atoms with E-state index >= 15 is 0 Å². The Balaban J connectivity index is 2.21. The van der Waals surface area contributed by atoms with Gasteiger partial charge in [-0.25, -0.2) is 4.79 Å². The van der Waals surface area contributed by atoms with Gasteiger partial charge in [0.25, 0.3) is 0 Å². The lowest BCUT2D eigenvalue weighted by molar-refractivity contribution is 0.104. The maximum absolute atomic E-state index is 10.9. The number of amides is 1. The second-order valence-electron chi connectivity index (χ2n) is 4.97. The van der Waals surface area contributed by atoms with Crippen molar-refractivity contribution in [1.29, 1.82) is 0 Å². The van der Waals surface area contributed by atoms with Gasteiger partial charge in [0.05, 0.1) is 6.54 Å². The molecule has 0 saturated heterocycles. The van der Waals surface area contributed by atoms with E-state index in [4.69, 9.17) is 16.9 Å². The molecule has 3 N–H and O–H groups in total. The predicted molar refractivity (Wildman–Crippen MR) is 78.0 cm³/mol. The van der Waals surface area contributed by atoms with Crippen LogP contribution in [0.1, 0.15) is 48.6 Å². The van der Waals surface area contributed by atoms with Gasteiger partial charge in [-0.2, -0.15) is 0 Å². The highest BCUT2D eigenvalue weighted by molar-refractivity contribution is 5.65. The SMILES string of the molecule is C#CCNC1CCc2ccc([C@@H](CC)OC(N)=O)cc21. The predicted octanol–water partition coefficient (Wildman–Crippen LogP) is 2.44. The number of primary amides is 1. The second kappa shape index (κ2) is 6.44. The van der Waals surface area contributed by atoms with Crippen molar-refractivity contribution in [2.75, 3.05) is 6.54 Å². The molecule has 0 aliphatic heterocycles. The molecule has 0 bridgehead atoms. The molecule has 0 fully saturated rings. The lowest BCUT2D eigenvalue weighted by atomic mass is 10.00. The van der Waals surface area contributed by atoms with Crippen LogP contribution in [0.2, 0.25) is 0 Å². The third-order valence-electron chi connectivity index (χ3n) is 3.70. The summed E-state index contributed by atoms with van der Waals surface area (Å²) in [6.45, 7) is 2.53. The smallest absolute Gasteiger partial charge is 0.405 e. The minimum atomic E-state index is -0.737. The van der Waals surface area contributed by atoms with Crippen molar-refractivity contribution < 1.29 is 9.53 Å². The Kier molecular flexibility index (Phi) is 4.65. The van der Waals surface area contributed by atoms with Crippen LogP contribution < -0.4 is 11.1 Å². The average molecular weight is 272 g/mol. The third kappa shape index (κ3) is 3.12. The van der Waals surface area contributed by atoms with Gasteiger partial charge >= 0.3 is 6.09 Å². The van der Waals surface area contributed by atoms with Crippen LogP contribution in [0.25, 0.3) is 0 Å². The van der Waals surface area contributed by atoms with E-state index in [0.717, 1.165) is 18.4 Å². The van der Waals surface area contributed by atoms with Crippen molar-refractivity contribution in [3.63, 3.8) is 0 Å². The minimum absolute atomic E-state index is 0.284. The Morgan fingerprint density at radius 3 is 3.10 bits per heavy atom. The fraction of sp³-hybridized carbons (Fsp3) is 0.438. The van der Waals surface area contributed by atoms with Crippen LogP contribution >= 0.6 is 0 Å². The van der Waals surface area contributed by atoms with Gasteiger partial charge in [0.1, 0.15) is 6.10 Å². The molecular formula is C16H20N2O2. The van der Waals surface area contributed by atoms with Crippen LogP contribution in [-0.2, 0) is 11.2 Å². The van der Waals surface area contributed by atoms with Gasteiger partial charge in [0, 0.05) is 6.04 Å². The number of nitrogens with one attached hydrogen (secondary N) is 1. The van der Waals surface area contributed by atoms with Crippen LogP contribution in [0, 0.1) is 12.3 Å². The number of nitrogens with two attached hydrogens (primary N) is 1. The largest absolute Gasteiger partial charge is 0.442 e. The Morgan fingerprint density at radius 2 is 2.45 bits per heavy atom.